The third-order valence-corrected chi connectivity index (χ3v) is 8.91. The zero-order valence-electron chi connectivity index (χ0n) is 26.1. The highest BCUT2D eigenvalue weighted by atomic mass is 15.2. The summed E-state index contributed by atoms with van der Waals surface area (Å²) < 4.78 is 0. The number of anilines is 6. The third-order valence-electron chi connectivity index (χ3n) is 8.91. The minimum absolute atomic E-state index is 1.12. The van der Waals surface area contributed by atoms with E-state index in [1.165, 1.54) is 54.8 Å². The number of hydrogen-bond acceptors (Lipinski definition) is 2. The summed E-state index contributed by atoms with van der Waals surface area (Å²) >= 11 is 0. The van der Waals surface area contributed by atoms with Crippen LogP contribution in [0, 0.1) is 13.8 Å². The third kappa shape index (κ3) is 4.85. The second-order valence-corrected chi connectivity index (χ2v) is 12.0. The molecule has 0 bridgehead atoms. The summed E-state index contributed by atoms with van der Waals surface area (Å²) in [6.45, 7) is 4.29. The summed E-state index contributed by atoms with van der Waals surface area (Å²) in [6, 6.07) is 61.6. The molecule has 0 radical (unpaired) electrons. The fourth-order valence-corrected chi connectivity index (χ4v) is 6.66. The molecule has 0 aromatic heterocycles. The molecule has 0 aliphatic rings. The Morgan fingerprint density at radius 2 is 0.674 bits per heavy atom. The van der Waals surface area contributed by atoms with E-state index in [9.17, 15) is 0 Å². The van der Waals surface area contributed by atoms with Gasteiger partial charge in [-0.15, -0.1) is 0 Å². The molecule has 0 saturated heterocycles. The molecule has 0 aliphatic carbocycles. The lowest BCUT2D eigenvalue weighted by Crippen LogP contribution is -2.14. The van der Waals surface area contributed by atoms with Crippen LogP contribution in [0.3, 0.4) is 0 Å². The van der Waals surface area contributed by atoms with E-state index in [1.54, 1.807) is 0 Å². The van der Waals surface area contributed by atoms with Crippen molar-refractivity contribution in [3.63, 3.8) is 0 Å². The molecule has 2 nitrogen and oxygen atoms in total. The minimum atomic E-state index is 1.12. The maximum Gasteiger partial charge on any atom is 0.0619 e. The van der Waals surface area contributed by atoms with Crippen LogP contribution in [0.15, 0.2) is 170 Å². The first-order valence-electron chi connectivity index (χ1n) is 15.9. The number of para-hydroxylation sites is 1. The zero-order valence-corrected chi connectivity index (χ0v) is 26.1. The lowest BCUT2D eigenvalue weighted by Gasteiger charge is -2.33. The van der Waals surface area contributed by atoms with E-state index in [-0.39, 0.29) is 0 Å². The van der Waals surface area contributed by atoms with Crippen LogP contribution in [-0.4, -0.2) is 0 Å². The van der Waals surface area contributed by atoms with Crippen molar-refractivity contribution in [2.45, 2.75) is 13.8 Å². The Balaban J connectivity index is 1.48. The molecular formula is C44H34N2. The number of aryl methyl sites for hydroxylation is 2. The van der Waals surface area contributed by atoms with Gasteiger partial charge in [-0.3, -0.25) is 0 Å². The predicted octanol–water partition coefficient (Wildman–Crippen LogP) is 12.7. The summed E-state index contributed by atoms with van der Waals surface area (Å²) in [4.78, 5) is 4.86. The van der Waals surface area contributed by atoms with Crippen molar-refractivity contribution in [1.29, 1.82) is 0 Å². The van der Waals surface area contributed by atoms with Crippen LogP contribution in [0.4, 0.5) is 34.1 Å². The first kappa shape index (κ1) is 27.7. The van der Waals surface area contributed by atoms with Gasteiger partial charge < -0.3 is 9.80 Å². The van der Waals surface area contributed by atoms with Crippen LogP contribution in [0.2, 0.25) is 0 Å². The molecule has 2 heteroatoms. The van der Waals surface area contributed by atoms with Gasteiger partial charge in [0.05, 0.1) is 11.4 Å². The Morgan fingerprint density at radius 3 is 1.17 bits per heavy atom. The lowest BCUT2D eigenvalue weighted by molar-refractivity contribution is 1.28. The number of hydrogen-bond donors (Lipinski definition) is 0. The smallest absolute Gasteiger partial charge is 0.0619 e. The van der Waals surface area contributed by atoms with Gasteiger partial charge in [-0.2, -0.15) is 0 Å². The Hall–Kier alpha value is -5.86. The van der Waals surface area contributed by atoms with Crippen molar-refractivity contribution >= 4 is 66.4 Å². The Kier molecular flexibility index (Phi) is 6.96. The van der Waals surface area contributed by atoms with Gasteiger partial charge in [-0.1, -0.05) is 132 Å². The van der Waals surface area contributed by atoms with E-state index in [0.717, 1.165) is 22.7 Å². The number of benzene rings is 8. The molecule has 46 heavy (non-hydrogen) atoms. The van der Waals surface area contributed by atoms with Crippen LogP contribution >= 0.6 is 0 Å². The van der Waals surface area contributed by atoms with Crippen LogP contribution < -0.4 is 9.80 Å². The molecule has 0 N–H and O–H groups in total. The quantitative estimate of drug-likeness (QED) is 0.140. The number of rotatable bonds is 6. The van der Waals surface area contributed by atoms with Crippen molar-refractivity contribution in [2.24, 2.45) is 0 Å². The molecule has 220 valence electrons. The molecule has 8 rings (SSSR count). The van der Waals surface area contributed by atoms with Gasteiger partial charge in [0.1, 0.15) is 0 Å². The maximum atomic E-state index is 2.43. The molecule has 0 amide bonds. The molecule has 0 saturated carbocycles. The summed E-state index contributed by atoms with van der Waals surface area (Å²) in [5, 5.41) is 7.22. The summed E-state index contributed by atoms with van der Waals surface area (Å²) in [6.07, 6.45) is 0. The average Bonchev–Trinajstić information content (AvgIpc) is 3.11. The van der Waals surface area contributed by atoms with E-state index < -0.39 is 0 Å². The van der Waals surface area contributed by atoms with Gasteiger partial charge in [0.15, 0.2) is 0 Å². The standard InChI is InChI=1S/C44H34N2/c1-31-20-25-36(26-21-31)45(37-27-22-32(2)23-28-37)43-39-16-8-10-18-41(39)44(42-19-11-9-17-40(42)43)46(35-14-4-3-5-15-35)38-29-24-33-12-6-7-13-34(33)30-38/h3-30H,1-2H3. The Labute approximate surface area is 270 Å². The van der Waals surface area contributed by atoms with Crippen LogP contribution in [-0.2, 0) is 0 Å². The molecule has 0 aliphatic heterocycles. The zero-order chi connectivity index (χ0) is 31.0. The van der Waals surface area contributed by atoms with E-state index in [0.29, 0.717) is 0 Å². The molecular weight excluding hydrogens is 556 g/mol. The normalized spacial score (nSPS) is 11.3. The second-order valence-electron chi connectivity index (χ2n) is 12.0. The average molecular weight is 591 g/mol. The van der Waals surface area contributed by atoms with Crippen molar-refractivity contribution in [1.82, 2.24) is 0 Å². The number of fused-ring (bicyclic) bond motifs is 3. The van der Waals surface area contributed by atoms with E-state index >= 15 is 0 Å². The maximum absolute atomic E-state index is 2.43. The van der Waals surface area contributed by atoms with Crippen molar-refractivity contribution in [3.8, 4) is 0 Å². The first-order valence-corrected chi connectivity index (χ1v) is 15.9. The number of nitrogens with zero attached hydrogens (tertiary/aromatic N) is 2. The van der Waals surface area contributed by atoms with E-state index in [1.807, 2.05) is 0 Å². The largest absolute Gasteiger partial charge is 0.309 e. The molecule has 8 aromatic carbocycles. The van der Waals surface area contributed by atoms with Crippen LogP contribution in [0.25, 0.3) is 32.3 Å². The highest BCUT2D eigenvalue weighted by Crippen LogP contribution is 2.51. The fraction of sp³-hybridized carbons (Fsp3) is 0.0455. The highest BCUT2D eigenvalue weighted by molar-refractivity contribution is 6.23. The van der Waals surface area contributed by atoms with Crippen LogP contribution in [0.5, 0.6) is 0 Å². The molecule has 0 atom stereocenters. The summed E-state index contributed by atoms with van der Waals surface area (Å²) in [7, 11) is 0. The van der Waals surface area contributed by atoms with Gasteiger partial charge in [-0.25, -0.2) is 0 Å². The van der Waals surface area contributed by atoms with Crippen LogP contribution in [0.1, 0.15) is 11.1 Å². The fourth-order valence-electron chi connectivity index (χ4n) is 6.66. The van der Waals surface area contributed by atoms with Gasteiger partial charge in [0.2, 0.25) is 0 Å². The Morgan fingerprint density at radius 1 is 0.304 bits per heavy atom. The minimum Gasteiger partial charge on any atom is -0.309 e. The van der Waals surface area contributed by atoms with Gasteiger partial charge >= 0.3 is 0 Å². The highest BCUT2D eigenvalue weighted by Gasteiger charge is 2.25. The van der Waals surface area contributed by atoms with Gasteiger partial charge in [0, 0.05) is 44.3 Å². The molecule has 0 fully saturated rings. The summed E-state index contributed by atoms with van der Waals surface area (Å²) in [5.41, 5.74) is 9.34. The van der Waals surface area contributed by atoms with E-state index in [4.69, 9.17) is 0 Å². The monoisotopic (exact) mass is 590 g/mol. The summed E-state index contributed by atoms with van der Waals surface area (Å²) in [5.74, 6) is 0. The molecule has 8 aromatic rings. The first-order chi connectivity index (χ1) is 22.7. The SMILES string of the molecule is Cc1ccc(N(c2ccc(C)cc2)c2c3ccccc3c(N(c3ccccc3)c3ccc4ccccc4c3)c3ccccc23)cc1. The van der Waals surface area contributed by atoms with Crippen molar-refractivity contribution in [2.75, 3.05) is 9.80 Å². The second kappa shape index (κ2) is 11.6. The molecule has 0 heterocycles. The predicted molar refractivity (Wildman–Crippen MR) is 198 cm³/mol. The Bertz CT molecular complexity index is 2220. The lowest BCUT2D eigenvalue weighted by atomic mass is 9.95. The topological polar surface area (TPSA) is 6.48 Å². The van der Waals surface area contributed by atoms with Gasteiger partial charge in [-0.05, 0) is 73.2 Å². The van der Waals surface area contributed by atoms with Crippen molar-refractivity contribution in [3.05, 3.63) is 181 Å². The molecule has 0 unspecified atom stereocenters. The van der Waals surface area contributed by atoms with Crippen molar-refractivity contribution < 1.29 is 0 Å². The van der Waals surface area contributed by atoms with Gasteiger partial charge in [0.25, 0.3) is 0 Å². The van der Waals surface area contributed by atoms with E-state index in [2.05, 4.69) is 194 Å². The molecule has 0 spiro atoms.